The zero-order valence-electron chi connectivity index (χ0n) is 78.5. The number of ether oxygens (including phenoxy) is 16. The Balaban J connectivity index is 0.00000161. The number of carbonyl (C=O) groups excluding carboxylic acids is 5. The first-order chi connectivity index (χ1) is 69.5. The molecule has 149 heavy (non-hydrogen) atoms. The van der Waals surface area contributed by atoms with Gasteiger partial charge in [0.2, 0.25) is 56.5 Å². The van der Waals surface area contributed by atoms with Crippen molar-refractivity contribution in [3.05, 3.63) is 265 Å². The van der Waals surface area contributed by atoms with Crippen molar-refractivity contribution in [2.24, 2.45) is 0 Å². The number of carboxylic acid groups (broad SMARTS) is 1. The summed E-state index contributed by atoms with van der Waals surface area (Å²) in [5.74, 6) is -1.45. The van der Waals surface area contributed by atoms with Crippen molar-refractivity contribution in [3.63, 3.8) is 0 Å². The molecule has 3 radical (unpaired) electrons. The number of alkyl halides is 3. The largest absolute Gasteiger partial charge is 1.00 e. The summed E-state index contributed by atoms with van der Waals surface area (Å²) in [6, 6.07) is 24.2. The number of benzene rings is 10. The molecular formula is C90H74B3Br7Cl4F10N3Na2O29S. The van der Waals surface area contributed by atoms with Crippen LogP contribution in [0.5, 0.6) is 115 Å². The SMILES string of the molecule is BrB(Br)Br.BrB(Br)Br.COc1cc(F)c(C=O)cc1OC.COc1cc(F)c(C=O)cc1OC.ClCCBr.Fc1cc2c(cc1CCl)OCO2.O=C(O)C1(c2cc3c(cc2F)OCO3)CC1.O=Cc1cc(O)c(O)cc1F.O=Cc1cc(O)c(O)cc1F.O=Cc1cc2c(cc1F)OCO2.O=S(Cl)Cl.OCc1cc2c(cc1F)OCO2.[B].[C-]#N.[C-]#[N+]C1(c2cc3c(cc2F)OCO3)CC1.[C-]#[N+]Cc1cc2c(cc1F)OCO2.[H-].[Na+].[Na+]. The van der Waals surface area contributed by atoms with E-state index in [0.717, 1.165) is 48.5 Å². The van der Waals surface area contributed by atoms with E-state index < -0.39 is 95.7 Å². The van der Waals surface area contributed by atoms with Crippen molar-refractivity contribution in [1.29, 1.82) is 5.26 Å². The number of aromatic hydroxyl groups is 4. The molecule has 0 aromatic heterocycles. The fraction of sp³-hybridized carbons (Fsp3) is 0.233. The van der Waals surface area contributed by atoms with E-state index in [-0.39, 0.29) is 210 Å². The Bertz CT molecular complexity index is 6110. The maximum Gasteiger partial charge on any atom is 1.00 e. The fourth-order valence-corrected chi connectivity index (χ4v) is 11.6. The number of carbonyl (C=O) groups is 6. The number of aliphatic carboxylic acids is 1. The molecule has 0 atom stereocenters. The molecule has 0 saturated heterocycles. The summed E-state index contributed by atoms with van der Waals surface area (Å²) in [7, 11) is 13.0. The minimum Gasteiger partial charge on any atom is -1.00 e. The number of aldehydes is 5. The Labute approximate surface area is 971 Å². The maximum absolute atomic E-state index is 13.7. The number of fused-ring (bicyclic) bond motifs is 6. The van der Waals surface area contributed by atoms with Gasteiger partial charge in [-0.2, -0.15) is 0 Å². The van der Waals surface area contributed by atoms with Crippen LogP contribution in [0.1, 0.15) is 107 Å². The molecule has 0 unspecified atom stereocenters. The number of hydrogen-bond acceptors (Lipinski definition) is 29. The third kappa shape index (κ3) is 43.6. The van der Waals surface area contributed by atoms with E-state index in [0.29, 0.717) is 147 Å². The molecule has 10 aromatic carbocycles. The van der Waals surface area contributed by atoms with Crippen LogP contribution in [0.4, 0.5) is 43.9 Å². The number of phenolic OH excluding ortho intramolecular Hbond substituents is 4. The summed E-state index contributed by atoms with van der Waals surface area (Å²) in [6.07, 6.45) is 4.22. The van der Waals surface area contributed by atoms with Crippen LogP contribution in [0.15, 0.2) is 121 Å². The third-order valence-corrected chi connectivity index (χ3v) is 19.9. The summed E-state index contributed by atoms with van der Waals surface area (Å²) >= 11 is 32.4. The van der Waals surface area contributed by atoms with Gasteiger partial charge in [0.25, 0.3) is 5.54 Å². The molecule has 6 N–H and O–H groups in total. The molecule has 2 aliphatic carbocycles. The summed E-state index contributed by atoms with van der Waals surface area (Å²) in [6.45, 7) is 18.8. The zero-order chi connectivity index (χ0) is 109. The molecule has 0 amide bonds. The van der Waals surface area contributed by atoms with Gasteiger partial charge in [-0.05, 0) is 73.5 Å². The molecule has 0 bridgehead atoms. The van der Waals surface area contributed by atoms with Gasteiger partial charge < -0.3 is 129 Å². The first-order valence-corrected chi connectivity index (χ1v) is 50.1. The Morgan fingerprint density at radius 3 is 0.933 bits per heavy atom. The molecule has 0 spiro atoms. The Hall–Kier alpha value is -9.39. The van der Waals surface area contributed by atoms with Crippen LogP contribution in [-0.4, -0.2) is 167 Å². The number of carboxylic acids is 1. The van der Waals surface area contributed by atoms with E-state index in [4.69, 9.17) is 159 Å². The number of rotatable bonds is 16. The van der Waals surface area contributed by atoms with E-state index in [9.17, 15) is 72.7 Å². The standard InChI is InChI=1S/C11H8FNO2.C11H9FO4.C9H6FNO2.2C9H9FO3.C8H6ClFO2.C8H7FO3.C8H5FO3.2C7H5FO3.C2H4BrCl.CN.2BBr3.B.Cl2OS.2Na.H/c1-13-11(2-3-11)7-4-9-10(5-8(7)12)15-6-14-9;12-7-4-9-8(15-5-16-9)3-6(7)11(1-2-11)10(13)14;1-11-4-6-2-8-9(3-7(6)10)13-5-12-8;2*1-12-8-3-6(5-11)7(10)4-9(8)13-2;9-3-5-1-7-8(2-6(5)10)12-4-11-7;2*9-6-2-8-7(11-4-12-8)1-5(6)3-10;2*8-5-2-7(11)6(10)1-4(5)3-9;3-1-2-4;1-2;2*2-1(3)4;;1-4(2)3;;;/h4-5H,2-3,6H2;3-4H,1-2,5H2,(H,13,14);2-3H,4-5H2;2*3-5H,1-2H3;1-2H,3-4H2;1-2,10H,3-4H2;1-3H,4H2;2*1-3,10-11H;1-2H2;;;;;;;;/q;;;;;;;;;;;-1;;;;;2*+1;-1. The van der Waals surface area contributed by atoms with Crippen LogP contribution in [0.2, 0.25) is 0 Å². The van der Waals surface area contributed by atoms with Gasteiger partial charge in [0.15, 0.2) is 146 Å². The number of methoxy groups -OCH3 is 4. The minimum absolute atomic E-state index is 0. The van der Waals surface area contributed by atoms with Gasteiger partial charge in [-0.25, -0.2) is 61.3 Å². The Morgan fingerprint density at radius 1 is 0.416 bits per heavy atom. The van der Waals surface area contributed by atoms with Gasteiger partial charge in [0, 0.05) is 131 Å². The molecule has 2 fully saturated rings. The molecule has 18 rings (SSSR count). The average Bonchev–Trinajstić information content (AvgIpc) is 1.58. The van der Waals surface area contributed by atoms with Crippen molar-refractivity contribution in [1.82, 2.24) is 0 Å². The van der Waals surface area contributed by atoms with Crippen molar-refractivity contribution in [2.45, 2.75) is 55.7 Å². The second-order valence-electron chi connectivity index (χ2n) is 27.5. The molecule has 787 valence electrons. The third-order valence-electron chi connectivity index (χ3n) is 18.6. The van der Waals surface area contributed by atoms with Crippen LogP contribution in [-0.2, 0) is 44.0 Å². The first kappa shape index (κ1) is 138. The molecule has 8 aliphatic rings. The monoisotopic (exact) mass is 2650 g/mol. The number of aliphatic hydroxyl groups excluding tert-OH is 1. The molecule has 32 nitrogen and oxygen atoms in total. The van der Waals surface area contributed by atoms with Crippen molar-refractivity contribution in [2.75, 3.05) is 80.4 Å². The van der Waals surface area contributed by atoms with Crippen molar-refractivity contribution >= 4 is 216 Å². The molecule has 10 aromatic rings. The van der Waals surface area contributed by atoms with Gasteiger partial charge in [0.1, 0.15) is 58.2 Å². The summed E-state index contributed by atoms with van der Waals surface area (Å²) in [4.78, 5) is 68.8. The van der Waals surface area contributed by atoms with Crippen LogP contribution in [0.3, 0.4) is 0 Å². The predicted octanol–water partition coefficient (Wildman–Crippen LogP) is 17.0. The Morgan fingerprint density at radius 2 is 0.651 bits per heavy atom. The van der Waals surface area contributed by atoms with Gasteiger partial charge in [-0.1, -0.05) is 15.9 Å². The van der Waals surface area contributed by atoms with E-state index in [1.165, 1.54) is 95.2 Å². The molecule has 6 aliphatic heterocycles. The first-order valence-electron chi connectivity index (χ1n) is 39.6. The van der Waals surface area contributed by atoms with Crippen LogP contribution >= 0.6 is 155 Å². The predicted molar refractivity (Wildman–Crippen MR) is 544 cm³/mol. The number of hydrogen-bond donors (Lipinski definition) is 6. The number of nitrogens with zero attached hydrogens (tertiary/aromatic N) is 3. The molecule has 2 saturated carbocycles. The van der Waals surface area contributed by atoms with E-state index in [1.807, 2.05) is 0 Å². The summed E-state index contributed by atoms with van der Waals surface area (Å²) in [5.41, 5.74) is -0.698. The van der Waals surface area contributed by atoms with E-state index in [1.54, 1.807) is 12.1 Å². The second kappa shape index (κ2) is 70.8. The quantitative estimate of drug-likeness (QED) is 0.00995. The van der Waals surface area contributed by atoms with Gasteiger partial charge in [0.05, 0.1) is 85.3 Å². The van der Waals surface area contributed by atoms with Gasteiger partial charge in [-0.15, -0.1) is 118 Å². The van der Waals surface area contributed by atoms with Gasteiger partial charge >= 0.3 is 71.5 Å². The topological polar surface area (TPSA) is 421 Å². The minimum atomic E-state index is -1.67. The number of phenols is 4. The van der Waals surface area contributed by atoms with Crippen molar-refractivity contribution in [3.8, 4) is 115 Å². The smallest absolute Gasteiger partial charge is 1.00 e. The molecular weight excluding hydrogens is 2590 g/mol. The second-order valence-corrected chi connectivity index (χ2v) is 44.3. The summed E-state index contributed by atoms with van der Waals surface area (Å²) in [5, 5.41) is 59.9. The summed E-state index contributed by atoms with van der Waals surface area (Å²) < 4.78 is 220. The van der Waals surface area contributed by atoms with Crippen LogP contribution in [0.25, 0.3) is 9.69 Å². The van der Waals surface area contributed by atoms with Gasteiger partial charge in [-0.3, -0.25) is 28.8 Å². The number of aliphatic hydroxyl groups is 1. The van der Waals surface area contributed by atoms with Crippen molar-refractivity contribution < 1.29 is 244 Å². The normalized spacial score (nSPS) is 12.3. The van der Waals surface area contributed by atoms with E-state index in [2.05, 4.69) is 142 Å². The Kier molecular flexibility index (Phi) is 65.4. The molecule has 59 heteroatoms. The fourth-order valence-electron chi connectivity index (χ4n) is 11.4. The van der Waals surface area contributed by atoms with Crippen LogP contribution in [0, 0.1) is 83.2 Å². The van der Waals surface area contributed by atoms with E-state index >= 15 is 0 Å². The van der Waals surface area contributed by atoms with Crippen LogP contribution < -0.4 is 135 Å². The maximum atomic E-state index is 13.7. The molecule has 6 heterocycles. The number of halogens is 21. The average molecular weight is 2660 g/mol. The zero-order valence-corrected chi connectivity index (χ0v) is 96.5.